The molecule has 0 spiro atoms. The molecule has 8 nitrogen and oxygen atoms in total. The van der Waals surface area contributed by atoms with E-state index < -0.39 is 5.56 Å². The zero-order chi connectivity index (χ0) is 18.1. The first-order valence-corrected chi connectivity index (χ1v) is 9.00. The van der Waals surface area contributed by atoms with Crippen LogP contribution in [0.4, 0.5) is 5.82 Å². The predicted octanol–water partition coefficient (Wildman–Crippen LogP) is 1.46. The van der Waals surface area contributed by atoms with E-state index in [4.69, 9.17) is 0 Å². The lowest BCUT2D eigenvalue weighted by molar-refractivity contribution is -0.120. The zero-order valence-corrected chi connectivity index (χ0v) is 15.0. The molecule has 1 aliphatic rings. The standard InChI is InChI=1S/C17H25N5O3/c1-4-21-15-12(16(24)22(5-2)17(21)25)13(19-20(15)3)18-14(23)11-9-7-6-8-10-11/h11H,4-10H2,1-3H3,(H,18,19,23). The number of carbonyl (C=O) groups is 1. The van der Waals surface area contributed by atoms with Crippen molar-refractivity contribution in [2.45, 2.75) is 59.0 Å². The van der Waals surface area contributed by atoms with Crippen LogP contribution in [-0.4, -0.2) is 24.8 Å². The Bertz CT molecular complexity index is 915. The topological polar surface area (TPSA) is 90.9 Å². The van der Waals surface area contributed by atoms with Crippen LogP contribution >= 0.6 is 0 Å². The zero-order valence-electron chi connectivity index (χ0n) is 15.0. The van der Waals surface area contributed by atoms with Gasteiger partial charge in [0.15, 0.2) is 5.82 Å². The number of hydrogen-bond donors (Lipinski definition) is 1. The average Bonchev–Trinajstić information content (AvgIpc) is 2.93. The van der Waals surface area contributed by atoms with Crippen LogP contribution in [0.15, 0.2) is 9.59 Å². The fraction of sp³-hybridized carbons (Fsp3) is 0.647. The fourth-order valence-electron chi connectivity index (χ4n) is 3.71. The number of rotatable bonds is 4. The molecule has 1 aliphatic carbocycles. The molecule has 0 aliphatic heterocycles. The molecule has 1 N–H and O–H groups in total. The highest BCUT2D eigenvalue weighted by molar-refractivity contribution is 5.99. The average molecular weight is 347 g/mol. The van der Waals surface area contributed by atoms with E-state index in [-0.39, 0.29) is 29.9 Å². The van der Waals surface area contributed by atoms with Crippen LogP contribution < -0.4 is 16.6 Å². The van der Waals surface area contributed by atoms with Crippen LogP contribution in [0.5, 0.6) is 0 Å². The quantitative estimate of drug-likeness (QED) is 0.906. The maximum atomic E-state index is 12.8. The number of carbonyl (C=O) groups excluding carboxylic acids is 1. The van der Waals surface area contributed by atoms with E-state index in [1.165, 1.54) is 20.2 Å². The second-order valence-electron chi connectivity index (χ2n) is 6.57. The highest BCUT2D eigenvalue weighted by Gasteiger charge is 2.25. The van der Waals surface area contributed by atoms with E-state index in [0.29, 0.717) is 17.6 Å². The molecule has 2 aromatic rings. The highest BCUT2D eigenvalue weighted by Crippen LogP contribution is 2.26. The van der Waals surface area contributed by atoms with Crippen molar-refractivity contribution in [1.29, 1.82) is 0 Å². The summed E-state index contributed by atoms with van der Waals surface area (Å²) in [5.74, 6) is 0.134. The van der Waals surface area contributed by atoms with Gasteiger partial charge < -0.3 is 5.32 Å². The second-order valence-corrected chi connectivity index (χ2v) is 6.57. The summed E-state index contributed by atoms with van der Waals surface area (Å²) in [4.78, 5) is 37.8. The van der Waals surface area contributed by atoms with Gasteiger partial charge in [0.1, 0.15) is 11.0 Å². The highest BCUT2D eigenvalue weighted by atomic mass is 16.2. The molecule has 8 heteroatoms. The Kier molecular flexibility index (Phi) is 4.78. The molecule has 0 radical (unpaired) electrons. The number of hydrogen-bond acceptors (Lipinski definition) is 4. The van der Waals surface area contributed by atoms with Gasteiger partial charge >= 0.3 is 5.69 Å². The number of aryl methyl sites for hydroxylation is 2. The Morgan fingerprint density at radius 1 is 1.12 bits per heavy atom. The summed E-state index contributed by atoms with van der Waals surface area (Å²) in [5, 5.41) is 7.46. The number of aromatic nitrogens is 4. The van der Waals surface area contributed by atoms with E-state index in [0.717, 1.165) is 25.7 Å². The lowest BCUT2D eigenvalue weighted by Gasteiger charge is -2.20. The largest absolute Gasteiger partial charge is 0.332 e. The van der Waals surface area contributed by atoms with Crippen LogP contribution in [0.1, 0.15) is 46.0 Å². The maximum absolute atomic E-state index is 12.8. The molecule has 3 rings (SSSR count). The SMILES string of the molecule is CCn1c(=O)c2c(NC(=O)C3CCCCC3)nn(C)c2n(CC)c1=O. The van der Waals surface area contributed by atoms with Crippen molar-refractivity contribution >= 4 is 22.8 Å². The van der Waals surface area contributed by atoms with Gasteiger partial charge in [-0.15, -0.1) is 0 Å². The Balaban J connectivity index is 2.12. The molecule has 0 aromatic carbocycles. The molecule has 0 saturated heterocycles. The summed E-state index contributed by atoms with van der Waals surface area (Å²) in [5.41, 5.74) is -0.309. The first kappa shape index (κ1) is 17.4. The van der Waals surface area contributed by atoms with Crippen molar-refractivity contribution in [1.82, 2.24) is 18.9 Å². The van der Waals surface area contributed by atoms with Gasteiger partial charge in [-0.3, -0.25) is 18.7 Å². The van der Waals surface area contributed by atoms with Crippen molar-refractivity contribution in [3.05, 3.63) is 20.8 Å². The first-order valence-electron chi connectivity index (χ1n) is 9.00. The van der Waals surface area contributed by atoms with Gasteiger partial charge in [0.25, 0.3) is 5.56 Å². The van der Waals surface area contributed by atoms with Gasteiger partial charge in [0.05, 0.1) is 0 Å². The van der Waals surface area contributed by atoms with Crippen molar-refractivity contribution in [3.63, 3.8) is 0 Å². The van der Waals surface area contributed by atoms with Crippen molar-refractivity contribution in [3.8, 4) is 0 Å². The van der Waals surface area contributed by atoms with Crippen LogP contribution in [-0.2, 0) is 24.9 Å². The molecule has 0 atom stereocenters. The minimum Gasteiger partial charge on any atom is -0.308 e. The van der Waals surface area contributed by atoms with Gasteiger partial charge in [-0.1, -0.05) is 19.3 Å². The minimum absolute atomic E-state index is 0.0312. The third kappa shape index (κ3) is 2.89. The lowest BCUT2D eigenvalue weighted by atomic mass is 9.89. The smallest absolute Gasteiger partial charge is 0.308 e. The van der Waals surface area contributed by atoms with E-state index in [1.807, 2.05) is 6.92 Å². The van der Waals surface area contributed by atoms with Crippen LogP contribution in [0, 0.1) is 5.92 Å². The van der Waals surface area contributed by atoms with Crippen LogP contribution in [0.25, 0.3) is 11.0 Å². The molecule has 1 saturated carbocycles. The Morgan fingerprint density at radius 2 is 1.76 bits per heavy atom. The van der Waals surface area contributed by atoms with Gasteiger partial charge in [-0.05, 0) is 26.7 Å². The molecule has 0 unspecified atom stereocenters. The van der Waals surface area contributed by atoms with Crippen molar-refractivity contribution < 1.29 is 4.79 Å². The number of anilines is 1. The number of nitrogens with one attached hydrogen (secondary N) is 1. The molecule has 2 aromatic heterocycles. The summed E-state index contributed by atoms with van der Waals surface area (Å²) in [6.07, 6.45) is 5.02. The molecule has 0 bridgehead atoms. The second kappa shape index (κ2) is 6.85. The molecule has 2 heterocycles. The normalized spacial score (nSPS) is 15.6. The monoisotopic (exact) mass is 347 g/mol. The van der Waals surface area contributed by atoms with Crippen LogP contribution in [0.3, 0.4) is 0 Å². The van der Waals surface area contributed by atoms with E-state index >= 15 is 0 Å². The molecule has 25 heavy (non-hydrogen) atoms. The van der Waals surface area contributed by atoms with Crippen molar-refractivity contribution in [2.24, 2.45) is 13.0 Å². The molecule has 136 valence electrons. The van der Waals surface area contributed by atoms with Gasteiger partial charge in [-0.2, -0.15) is 5.10 Å². The number of nitrogens with zero attached hydrogens (tertiary/aromatic N) is 4. The maximum Gasteiger partial charge on any atom is 0.332 e. The van der Waals surface area contributed by atoms with Gasteiger partial charge in [-0.25, -0.2) is 9.48 Å². The van der Waals surface area contributed by atoms with E-state index in [9.17, 15) is 14.4 Å². The number of fused-ring (bicyclic) bond motifs is 1. The van der Waals surface area contributed by atoms with Crippen LogP contribution in [0.2, 0.25) is 0 Å². The minimum atomic E-state index is -0.403. The Morgan fingerprint density at radius 3 is 2.36 bits per heavy atom. The molecular formula is C17H25N5O3. The van der Waals surface area contributed by atoms with E-state index in [2.05, 4.69) is 10.4 Å². The summed E-state index contributed by atoms with van der Waals surface area (Å²) in [6, 6.07) is 0. The summed E-state index contributed by atoms with van der Waals surface area (Å²) < 4.78 is 4.20. The Labute approximate surface area is 145 Å². The lowest BCUT2D eigenvalue weighted by Crippen LogP contribution is -2.39. The predicted molar refractivity (Wildman–Crippen MR) is 95.8 cm³/mol. The van der Waals surface area contributed by atoms with Gasteiger partial charge in [0.2, 0.25) is 5.91 Å². The molecule has 1 fully saturated rings. The summed E-state index contributed by atoms with van der Waals surface area (Å²) >= 11 is 0. The summed E-state index contributed by atoms with van der Waals surface area (Å²) in [7, 11) is 1.68. The van der Waals surface area contributed by atoms with Crippen molar-refractivity contribution in [2.75, 3.05) is 5.32 Å². The number of amides is 1. The third-order valence-corrected chi connectivity index (χ3v) is 5.04. The molecule has 1 amide bonds. The summed E-state index contributed by atoms with van der Waals surface area (Å²) in [6.45, 7) is 4.30. The fourth-order valence-corrected chi connectivity index (χ4v) is 3.71. The first-order chi connectivity index (χ1) is 12.0. The third-order valence-electron chi connectivity index (χ3n) is 5.04. The molecular weight excluding hydrogens is 322 g/mol. The van der Waals surface area contributed by atoms with Gasteiger partial charge in [0, 0.05) is 26.1 Å². The van der Waals surface area contributed by atoms with E-state index in [1.54, 1.807) is 14.0 Å². The Hall–Kier alpha value is -2.38.